The van der Waals surface area contributed by atoms with Gasteiger partial charge in [-0.3, -0.25) is 4.79 Å². The van der Waals surface area contributed by atoms with Gasteiger partial charge in [0.1, 0.15) is 5.78 Å². The van der Waals surface area contributed by atoms with Crippen molar-refractivity contribution in [1.29, 1.82) is 0 Å². The molecule has 3 fully saturated rings. The molecule has 3 rings (SSSR count). The number of carbonyl (C=O) groups is 1. The maximum atomic E-state index is 13.6. The summed E-state index contributed by atoms with van der Waals surface area (Å²) in [4.78, 5) is 11.4. The second-order valence-electron chi connectivity index (χ2n) is 6.13. The van der Waals surface area contributed by atoms with Crippen molar-refractivity contribution in [2.75, 3.05) is 0 Å². The lowest BCUT2D eigenvalue weighted by molar-refractivity contribution is -0.121. The van der Waals surface area contributed by atoms with Gasteiger partial charge in [0.15, 0.2) is 0 Å². The Morgan fingerprint density at radius 2 is 1.93 bits per heavy atom. The number of hydrogen-bond donors (Lipinski definition) is 0. The normalized spacial score (nSPS) is 54.9. The van der Waals surface area contributed by atoms with Crippen LogP contribution in [0.1, 0.15) is 39.5 Å². The summed E-state index contributed by atoms with van der Waals surface area (Å²) in [6.07, 6.45) is 2.07. The third-order valence-electron chi connectivity index (χ3n) is 5.30. The van der Waals surface area contributed by atoms with Gasteiger partial charge in [0.2, 0.25) is 0 Å². The molecule has 0 aromatic heterocycles. The van der Waals surface area contributed by atoms with Gasteiger partial charge in [-0.15, -0.1) is 0 Å². The topological polar surface area (TPSA) is 17.1 Å². The largest absolute Gasteiger partial charge is 0.300 e. The van der Waals surface area contributed by atoms with E-state index in [0.717, 1.165) is 6.42 Å². The van der Waals surface area contributed by atoms with Crippen LogP contribution in [-0.4, -0.2) is 11.7 Å². The fraction of sp³-hybridized carbons (Fsp3) is 0.917. The van der Waals surface area contributed by atoms with E-state index < -0.39 is 11.8 Å². The Kier molecular flexibility index (Phi) is 1.48. The lowest BCUT2D eigenvalue weighted by Gasteiger charge is -2.27. The first-order valence-electron chi connectivity index (χ1n) is 5.69. The highest BCUT2D eigenvalue weighted by molar-refractivity contribution is 5.79. The molecule has 0 bridgehead atoms. The van der Waals surface area contributed by atoms with Crippen molar-refractivity contribution in [2.45, 2.75) is 45.5 Å². The standard InChI is InChI=1S/C12H16F2O/c1-7(15)8-3-10(2)6-12(13,14)9-5-11(9,10)4-8/h8-9H,3-6H2,1-2H3/t8-,9-,10?,11?/m1/s1. The van der Waals surface area contributed by atoms with Crippen molar-refractivity contribution in [3.05, 3.63) is 0 Å². The Bertz CT molecular complexity index is 346. The first kappa shape index (κ1) is 9.73. The van der Waals surface area contributed by atoms with Crippen molar-refractivity contribution in [3.8, 4) is 0 Å². The summed E-state index contributed by atoms with van der Waals surface area (Å²) >= 11 is 0. The summed E-state index contributed by atoms with van der Waals surface area (Å²) < 4.78 is 27.2. The highest BCUT2D eigenvalue weighted by Gasteiger charge is 2.81. The monoisotopic (exact) mass is 214 g/mol. The van der Waals surface area contributed by atoms with Crippen molar-refractivity contribution in [1.82, 2.24) is 0 Å². The molecule has 15 heavy (non-hydrogen) atoms. The quantitative estimate of drug-likeness (QED) is 0.655. The summed E-state index contributed by atoms with van der Waals surface area (Å²) in [7, 11) is 0. The average molecular weight is 214 g/mol. The maximum absolute atomic E-state index is 13.6. The molecule has 0 saturated heterocycles. The summed E-state index contributed by atoms with van der Waals surface area (Å²) in [5, 5.41) is 0. The summed E-state index contributed by atoms with van der Waals surface area (Å²) in [6.45, 7) is 3.57. The molecule has 1 spiro atoms. The van der Waals surface area contributed by atoms with E-state index in [9.17, 15) is 13.6 Å². The van der Waals surface area contributed by atoms with Crippen LogP contribution < -0.4 is 0 Å². The molecule has 3 aliphatic carbocycles. The van der Waals surface area contributed by atoms with Gasteiger partial charge in [-0.25, -0.2) is 8.78 Å². The van der Waals surface area contributed by atoms with Gasteiger partial charge in [-0.2, -0.15) is 0 Å². The summed E-state index contributed by atoms with van der Waals surface area (Å²) in [5.41, 5.74) is -0.440. The third-order valence-corrected chi connectivity index (χ3v) is 5.30. The molecule has 0 radical (unpaired) electrons. The Morgan fingerprint density at radius 3 is 2.40 bits per heavy atom. The first-order valence-corrected chi connectivity index (χ1v) is 5.69. The molecule has 0 aromatic carbocycles. The van der Waals surface area contributed by atoms with E-state index in [1.807, 2.05) is 6.92 Å². The van der Waals surface area contributed by atoms with Crippen LogP contribution in [0.25, 0.3) is 0 Å². The molecule has 2 unspecified atom stereocenters. The van der Waals surface area contributed by atoms with Crippen LogP contribution in [0.15, 0.2) is 0 Å². The fourth-order valence-electron chi connectivity index (χ4n) is 4.44. The minimum absolute atomic E-state index is 0.00838. The van der Waals surface area contributed by atoms with Crippen molar-refractivity contribution in [3.63, 3.8) is 0 Å². The lowest BCUT2D eigenvalue weighted by Crippen LogP contribution is -2.24. The summed E-state index contributed by atoms with van der Waals surface area (Å²) in [6, 6.07) is 0. The average Bonchev–Trinajstić information content (AvgIpc) is 2.66. The number of halogens is 2. The molecule has 4 atom stereocenters. The molecule has 0 amide bonds. The van der Waals surface area contributed by atoms with Gasteiger partial charge in [0.05, 0.1) is 0 Å². The highest BCUT2D eigenvalue weighted by atomic mass is 19.3. The fourth-order valence-corrected chi connectivity index (χ4v) is 4.44. The smallest absolute Gasteiger partial charge is 0.252 e. The van der Waals surface area contributed by atoms with E-state index in [1.165, 1.54) is 0 Å². The van der Waals surface area contributed by atoms with Gasteiger partial charge in [0.25, 0.3) is 5.92 Å². The number of rotatable bonds is 1. The molecule has 3 aliphatic rings. The van der Waals surface area contributed by atoms with E-state index in [2.05, 4.69) is 0 Å². The van der Waals surface area contributed by atoms with Gasteiger partial charge < -0.3 is 0 Å². The highest BCUT2D eigenvalue weighted by Crippen LogP contribution is 2.83. The predicted molar refractivity (Wildman–Crippen MR) is 51.6 cm³/mol. The molecule has 0 aromatic rings. The van der Waals surface area contributed by atoms with Gasteiger partial charge in [-0.1, -0.05) is 6.92 Å². The molecule has 1 nitrogen and oxygen atoms in total. The van der Waals surface area contributed by atoms with Crippen LogP contribution in [0.3, 0.4) is 0 Å². The molecule has 0 heterocycles. The second kappa shape index (κ2) is 2.28. The molecule has 0 N–H and O–H groups in total. The van der Waals surface area contributed by atoms with Crippen LogP contribution in [0.5, 0.6) is 0 Å². The summed E-state index contributed by atoms with van der Waals surface area (Å²) in [5.74, 6) is -2.64. The SMILES string of the molecule is CC(=O)[C@@H]1CC2(C)CC(F)(F)[C@@H]3CC32C1. The van der Waals surface area contributed by atoms with Crippen LogP contribution in [-0.2, 0) is 4.79 Å². The van der Waals surface area contributed by atoms with Crippen LogP contribution >= 0.6 is 0 Å². The molecular weight excluding hydrogens is 198 g/mol. The van der Waals surface area contributed by atoms with Crippen molar-refractivity contribution < 1.29 is 13.6 Å². The Morgan fingerprint density at radius 1 is 1.27 bits per heavy atom. The number of hydrogen-bond acceptors (Lipinski definition) is 1. The van der Waals surface area contributed by atoms with Gasteiger partial charge in [0, 0.05) is 18.3 Å². The Balaban J connectivity index is 1.94. The van der Waals surface area contributed by atoms with E-state index in [4.69, 9.17) is 0 Å². The first-order chi connectivity index (χ1) is 6.81. The van der Waals surface area contributed by atoms with E-state index in [1.54, 1.807) is 6.92 Å². The zero-order valence-corrected chi connectivity index (χ0v) is 9.15. The minimum Gasteiger partial charge on any atom is -0.300 e. The Hall–Kier alpha value is -0.470. The van der Waals surface area contributed by atoms with Crippen molar-refractivity contribution in [2.24, 2.45) is 22.7 Å². The molecule has 3 saturated carbocycles. The zero-order chi connectivity index (χ0) is 11.1. The van der Waals surface area contributed by atoms with Crippen LogP contribution in [0.4, 0.5) is 8.78 Å². The van der Waals surface area contributed by atoms with Crippen LogP contribution in [0, 0.1) is 22.7 Å². The molecular formula is C12H16F2O. The second-order valence-corrected chi connectivity index (χ2v) is 6.13. The van der Waals surface area contributed by atoms with Gasteiger partial charge in [-0.05, 0) is 37.0 Å². The van der Waals surface area contributed by atoms with Crippen LogP contribution in [0.2, 0.25) is 0 Å². The van der Waals surface area contributed by atoms with Crippen molar-refractivity contribution >= 4 is 5.78 Å². The van der Waals surface area contributed by atoms with E-state index in [0.29, 0.717) is 12.8 Å². The third kappa shape index (κ3) is 0.949. The number of ketones is 1. The maximum Gasteiger partial charge on any atom is 0.252 e. The minimum atomic E-state index is -2.46. The predicted octanol–water partition coefficient (Wildman–Crippen LogP) is 3.04. The van der Waals surface area contributed by atoms with Gasteiger partial charge >= 0.3 is 0 Å². The van der Waals surface area contributed by atoms with E-state index in [-0.39, 0.29) is 29.0 Å². The van der Waals surface area contributed by atoms with E-state index >= 15 is 0 Å². The molecule has 3 heteroatoms. The molecule has 0 aliphatic heterocycles. The Labute approximate surface area is 88.2 Å². The zero-order valence-electron chi connectivity index (χ0n) is 9.15. The molecule has 84 valence electrons. The number of carbonyl (C=O) groups excluding carboxylic acids is 1. The lowest BCUT2D eigenvalue weighted by atomic mass is 9.77. The number of Topliss-reactive ketones (excluding diaryl/α,β-unsaturated/α-hetero) is 1. The number of alkyl halides is 2.